The lowest BCUT2D eigenvalue weighted by molar-refractivity contribution is -0.385. The van der Waals surface area contributed by atoms with E-state index >= 15 is 0 Å². The van der Waals surface area contributed by atoms with Crippen LogP contribution in [0.1, 0.15) is 5.56 Å². The molecular weight excluding hydrogens is 266 g/mol. The third-order valence-corrected chi connectivity index (χ3v) is 3.17. The fraction of sp³-hybridized carbons (Fsp3) is 0.250. The SMILES string of the molecule is CN(C)CCc1cc(Nc2ccccc2)ccc1[N+](=O)[O-]. The van der Waals surface area contributed by atoms with Gasteiger partial charge in [0.1, 0.15) is 0 Å². The third kappa shape index (κ3) is 4.29. The molecule has 0 radical (unpaired) electrons. The van der Waals surface area contributed by atoms with Gasteiger partial charge in [-0.15, -0.1) is 0 Å². The minimum absolute atomic E-state index is 0.176. The van der Waals surface area contributed by atoms with Crippen LogP contribution in [0.2, 0.25) is 0 Å². The van der Waals surface area contributed by atoms with E-state index in [9.17, 15) is 10.1 Å². The Morgan fingerprint density at radius 1 is 1.10 bits per heavy atom. The maximum absolute atomic E-state index is 11.1. The van der Waals surface area contributed by atoms with Crippen molar-refractivity contribution in [2.24, 2.45) is 0 Å². The Morgan fingerprint density at radius 2 is 1.81 bits per heavy atom. The number of nitro benzene ring substituents is 1. The monoisotopic (exact) mass is 285 g/mol. The summed E-state index contributed by atoms with van der Waals surface area (Å²) >= 11 is 0. The second-order valence-corrected chi connectivity index (χ2v) is 5.14. The molecule has 5 heteroatoms. The molecule has 0 saturated carbocycles. The molecular formula is C16H19N3O2. The van der Waals surface area contributed by atoms with Crippen LogP contribution in [0.4, 0.5) is 17.1 Å². The summed E-state index contributed by atoms with van der Waals surface area (Å²) in [5.41, 5.74) is 2.75. The highest BCUT2D eigenvalue weighted by atomic mass is 16.6. The molecule has 0 spiro atoms. The van der Waals surface area contributed by atoms with Crippen molar-refractivity contribution < 1.29 is 4.92 Å². The van der Waals surface area contributed by atoms with E-state index in [1.807, 2.05) is 55.4 Å². The smallest absolute Gasteiger partial charge is 0.272 e. The van der Waals surface area contributed by atoms with Crippen molar-refractivity contribution in [1.29, 1.82) is 0 Å². The van der Waals surface area contributed by atoms with E-state index in [-0.39, 0.29) is 10.6 Å². The maximum atomic E-state index is 11.1. The highest BCUT2D eigenvalue weighted by molar-refractivity contribution is 5.63. The van der Waals surface area contributed by atoms with Gasteiger partial charge < -0.3 is 10.2 Å². The number of likely N-dealkylation sites (N-methyl/N-ethyl adjacent to an activating group) is 1. The molecule has 21 heavy (non-hydrogen) atoms. The molecule has 0 heterocycles. The van der Waals surface area contributed by atoms with E-state index in [2.05, 4.69) is 5.32 Å². The topological polar surface area (TPSA) is 58.4 Å². The second kappa shape index (κ2) is 6.85. The number of anilines is 2. The second-order valence-electron chi connectivity index (χ2n) is 5.14. The van der Waals surface area contributed by atoms with Gasteiger partial charge in [-0.2, -0.15) is 0 Å². The molecule has 0 aliphatic rings. The minimum Gasteiger partial charge on any atom is -0.356 e. The molecule has 0 saturated heterocycles. The zero-order chi connectivity index (χ0) is 15.2. The van der Waals surface area contributed by atoms with Gasteiger partial charge in [0.15, 0.2) is 0 Å². The Hall–Kier alpha value is -2.40. The van der Waals surface area contributed by atoms with Crippen LogP contribution in [0, 0.1) is 10.1 Å². The van der Waals surface area contributed by atoms with Gasteiger partial charge in [-0.05, 0) is 44.8 Å². The van der Waals surface area contributed by atoms with Crippen LogP contribution in [0.25, 0.3) is 0 Å². The van der Waals surface area contributed by atoms with Crippen LogP contribution in [0.15, 0.2) is 48.5 Å². The first kappa shape index (κ1) is 15.0. The van der Waals surface area contributed by atoms with Crippen molar-refractivity contribution in [2.75, 3.05) is 26.0 Å². The molecule has 0 aliphatic heterocycles. The van der Waals surface area contributed by atoms with Gasteiger partial charge in [0, 0.05) is 29.5 Å². The quantitative estimate of drug-likeness (QED) is 0.652. The number of para-hydroxylation sites is 1. The molecule has 0 amide bonds. The first-order valence-electron chi connectivity index (χ1n) is 6.80. The van der Waals surface area contributed by atoms with Crippen molar-refractivity contribution in [2.45, 2.75) is 6.42 Å². The fourth-order valence-corrected chi connectivity index (χ4v) is 2.07. The van der Waals surface area contributed by atoms with Gasteiger partial charge in [-0.3, -0.25) is 10.1 Å². The van der Waals surface area contributed by atoms with Gasteiger partial charge in [0.2, 0.25) is 0 Å². The Morgan fingerprint density at radius 3 is 2.43 bits per heavy atom. The number of benzene rings is 2. The summed E-state index contributed by atoms with van der Waals surface area (Å²) in [7, 11) is 3.91. The average Bonchev–Trinajstić information content (AvgIpc) is 2.46. The summed E-state index contributed by atoms with van der Waals surface area (Å²) in [6.07, 6.45) is 0.646. The molecule has 0 fully saturated rings. The van der Waals surface area contributed by atoms with Crippen LogP contribution in [-0.4, -0.2) is 30.5 Å². The fourth-order valence-electron chi connectivity index (χ4n) is 2.07. The molecule has 1 N–H and O–H groups in total. The van der Waals surface area contributed by atoms with Crippen molar-refractivity contribution in [3.8, 4) is 0 Å². The number of nitro groups is 1. The lowest BCUT2D eigenvalue weighted by atomic mass is 10.1. The Bertz CT molecular complexity index is 612. The van der Waals surface area contributed by atoms with Crippen molar-refractivity contribution >= 4 is 17.1 Å². The molecule has 0 aliphatic carbocycles. The molecule has 0 atom stereocenters. The Labute approximate surface area is 124 Å². The number of rotatable bonds is 6. The van der Waals surface area contributed by atoms with E-state index < -0.39 is 0 Å². The van der Waals surface area contributed by atoms with Gasteiger partial charge in [-0.1, -0.05) is 18.2 Å². The standard InChI is InChI=1S/C16H19N3O2/c1-18(2)11-10-13-12-15(8-9-16(13)19(20)21)17-14-6-4-3-5-7-14/h3-9,12,17H,10-11H2,1-2H3. The van der Waals surface area contributed by atoms with E-state index in [1.54, 1.807) is 12.1 Å². The lowest BCUT2D eigenvalue weighted by Gasteiger charge is -2.12. The summed E-state index contributed by atoms with van der Waals surface area (Å²) < 4.78 is 0. The molecule has 0 unspecified atom stereocenters. The van der Waals surface area contributed by atoms with Crippen molar-refractivity contribution in [1.82, 2.24) is 4.90 Å². The van der Waals surface area contributed by atoms with Crippen LogP contribution in [-0.2, 0) is 6.42 Å². The Kier molecular flexibility index (Phi) is 4.90. The lowest BCUT2D eigenvalue weighted by Crippen LogP contribution is -2.15. The molecule has 5 nitrogen and oxygen atoms in total. The van der Waals surface area contributed by atoms with E-state index in [1.165, 1.54) is 0 Å². The number of hydrogen-bond donors (Lipinski definition) is 1. The van der Waals surface area contributed by atoms with E-state index in [0.717, 1.165) is 23.5 Å². The number of nitrogens with zero attached hydrogens (tertiary/aromatic N) is 2. The zero-order valence-electron chi connectivity index (χ0n) is 12.2. The van der Waals surface area contributed by atoms with Gasteiger partial charge in [-0.25, -0.2) is 0 Å². The van der Waals surface area contributed by atoms with E-state index in [0.29, 0.717) is 6.42 Å². The molecule has 2 aromatic rings. The van der Waals surface area contributed by atoms with Crippen LogP contribution < -0.4 is 5.32 Å². The van der Waals surface area contributed by atoms with E-state index in [4.69, 9.17) is 0 Å². The summed E-state index contributed by atoms with van der Waals surface area (Å²) in [5, 5.41) is 14.4. The highest BCUT2D eigenvalue weighted by Crippen LogP contribution is 2.25. The van der Waals surface area contributed by atoms with Crippen LogP contribution in [0.3, 0.4) is 0 Å². The maximum Gasteiger partial charge on any atom is 0.272 e. The average molecular weight is 285 g/mol. The van der Waals surface area contributed by atoms with Gasteiger partial charge in [0.25, 0.3) is 5.69 Å². The molecule has 2 rings (SSSR count). The Balaban J connectivity index is 2.23. The minimum atomic E-state index is -0.322. The first-order valence-corrected chi connectivity index (χ1v) is 6.80. The molecule has 2 aromatic carbocycles. The summed E-state index contributed by atoms with van der Waals surface area (Å²) in [5.74, 6) is 0. The van der Waals surface area contributed by atoms with Crippen molar-refractivity contribution in [3.63, 3.8) is 0 Å². The van der Waals surface area contributed by atoms with Gasteiger partial charge in [0.05, 0.1) is 4.92 Å². The third-order valence-electron chi connectivity index (χ3n) is 3.17. The van der Waals surface area contributed by atoms with Crippen LogP contribution >= 0.6 is 0 Å². The predicted octanol–water partition coefficient (Wildman–Crippen LogP) is 3.44. The highest BCUT2D eigenvalue weighted by Gasteiger charge is 2.14. The number of hydrogen-bond acceptors (Lipinski definition) is 4. The summed E-state index contributed by atoms with van der Waals surface area (Å²) in [6.45, 7) is 0.773. The van der Waals surface area contributed by atoms with Crippen LogP contribution in [0.5, 0.6) is 0 Å². The number of nitrogens with one attached hydrogen (secondary N) is 1. The predicted molar refractivity (Wildman–Crippen MR) is 85.1 cm³/mol. The summed E-state index contributed by atoms with van der Waals surface area (Å²) in [4.78, 5) is 12.8. The van der Waals surface area contributed by atoms with Crippen molar-refractivity contribution in [3.05, 3.63) is 64.2 Å². The van der Waals surface area contributed by atoms with Gasteiger partial charge >= 0.3 is 0 Å². The molecule has 110 valence electrons. The first-order chi connectivity index (χ1) is 10.1. The zero-order valence-corrected chi connectivity index (χ0v) is 12.2. The molecule has 0 bridgehead atoms. The largest absolute Gasteiger partial charge is 0.356 e. The summed E-state index contributed by atoms with van der Waals surface area (Å²) in [6, 6.07) is 14.9. The molecule has 0 aromatic heterocycles. The normalized spacial score (nSPS) is 10.6.